The summed E-state index contributed by atoms with van der Waals surface area (Å²) in [6, 6.07) is 7.54. The van der Waals surface area contributed by atoms with Crippen LogP contribution in [0, 0.1) is 0 Å². The summed E-state index contributed by atoms with van der Waals surface area (Å²) in [5, 5.41) is 0.532. The second kappa shape index (κ2) is 8.28. The molecule has 0 saturated carbocycles. The molecule has 0 spiro atoms. The average Bonchev–Trinajstić information content (AvgIpc) is 2.28. The molecule has 0 fully saturated rings. The highest BCUT2D eigenvalue weighted by Crippen LogP contribution is 2.12. The van der Waals surface area contributed by atoms with Crippen molar-refractivity contribution in [2.45, 2.75) is 0 Å². The molecule has 0 amide bonds. The topological polar surface area (TPSA) is 21.7 Å². The van der Waals surface area contributed by atoms with Crippen LogP contribution in [0.25, 0.3) is 0 Å². The van der Waals surface area contributed by atoms with Gasteiger partial charge < -0.3 is 14.4 Å². The molecule has 0 radical (unpaired) electrons. The molecule has 17 heavy (non-hydrogen) atoms. The number of hydrogen-bond donors (Lipinski definition) is 0. The van der Waals surface area contributed by atoms with Crippen molar-refractivity contribution in [3.05, 3.63) is 29.8 Å². The molecule has 0 heterocycles. The van der Waals surface area contributed by atoms with E-state index in [1.807, 2.05) is 38.4 Å². The van der Waals surface area contributed by atoms with Crippen LogP contribution in [0.2, 0.25) is 0 Å². The number of benzene rings is 1. The molecule has 0 saturated heterocycles. The van der Waals surface area contributed by atoms with E-state index >= 15 is 0 Å². The Morgan fingerprint density at radius 1 is 1.24 bits per heavy atom. The van der Waals surface area contributed by atoms with Crippen molar-refractivity contribution in [3.63, 3.8) is 0 Å². The fourth-order valence-corrected chi connectivity index (χ4v) is 1.35. The first-order valence-electron chi connectivity index (χ1n) is 5.09. The normalized spacial score (nSPS) is 9.65. The van der Waals surface area contributed by atoms with Crippen LogP contribution in [-0.4, -0.2) is 44.3 Å². The van der Waals surface area contributed by atoms with E-state index in [1.165, 1.54) is 0 Å². The van der Waals surface area contributed by atoms with E-state index < -0.39 is 0 Å². The molecule has 3 nitrogen and oxygen atoms in total. The highest BCUT2D eigenvalue weighted by molar-refractivity contribution is 7.80. The van der Waals surface area contributed by atoms with Crippen molar-refractivity contribution < 1.29 is 9.47 Å². The van der Waals surface area contributed by atoms with Crippen LogP contribution in [0.1, 0.15) is 5.56 Å². The minimum atomic E-state index is 0. The maximum Gasteiger partial charge on any atom is 0.191 e. The zero-order chi connectivity index (χ0) is 12.0. The van der Waals surface area contributed by atoms with E-state index in [4.69, 9.17) is 21.7 Å². The van der Waals surface area contributed by atoms with Gasteiger partial charge in [0, 0.05) is 12.1 Å². The second-order valence-electron chi connectivity index (χ2n) is 3.67. The lowest BCUT2D eigenvalue weighted by Crippen LogP contribution is -2.19. The number of likely N-dealkylation sites (N-methyl/N-ethyl adjacent to an activating group) is 1. The van der Waals surface area contributed by atoms with Crippen molar-refractivity contribution in [1.29, 1.82) is 0 Å². The second-order valence-corrected chi connectivity index (χ2v) is 4.04. The molecule has 0 aliphatic carbocycles. The fraction of sp³-hybridized carbons (Fsp3) is 0.417. The van der Waals surface area contributed by atoms with E-state index in [0.717, 1.165) is 17.9 Å². The van der Waals surface area contributed by atoms with Gasteiger partial charge in [-0.15, -0.1) is 12.4 Å². The van der Waals surface area contributed by atoms with Crippen LogP contribution in [-0.2, 0) is 4.74 Å². The molecule has 0 unspecified atom stereocenters. The third-order valence-electron chi connectivity index (χ3n) is 2.10. The number of hydrogen-bond acceptors (Lipinski definition) is 4. The first-order chi connectivity index (χ1) is 7.63. The molecule has 0 aliphatic rings. The summed E-state index contributed by atoms with van der Waals surface area (Å²) in [5.74, 6) is 0.819. The lowest BCUT2D eigenvalue weighted by molar-refractivity contribution is 0.257. The maximum absolute atomic E-state index is 5.46. The van der Waals surface area contributed by atoms with Crippen LogP contribution in [0.5, 0.6) is 5.75 Å². The van der Waals surface area contributed by atoms with Gasteiger partial charge in [0.25, 0.3) is 0 Å². The monoisotopic (exact) mass is 275 g/mol. The van der Waals surface area contributed by atoms with Crippen LogP contribution in [0.3, 0.4) is 0 Å². The van der Waals surface area contributed by atoms with E-state index in [-0.39, 0.29) is 12.4 Å². The number of methoxy groups -OCH3 is 1. The molecule has 0 atom stereocenters. The molecule has 1 rings (SSSR count). The summed E-state index contributed by atoms with van der Waals surface area (Å²) in [4.78, 5) is 2.05. The Hall–Kier alpha value is -0.840. The largest absolute Gasteiger partial charge is 0.497 e. The zero-order valence-electron chi connectivity index (χ0n) is 10.3. The van der Waals surface area contributed by atoms with Gasteiger partial charge in [-0.05, 0) is 50.6 Å². The van der Waals surface area contributed by atoms with Gasteiger partial charge in [0.1, 0.15) is 12.4 Å². The lowest BCUT2D eigenvalue weighted by atomic mass is 10.2. The molecule has 96 valence electrons. The smallest absolute Gasteiger partial charge is 0.191 e. The fourth-order valence-electron chi connectivity index (χ4n) is 1.13. The summed E-state index contributed by atoms with van der Waals surface area (Å²) >= 11 is 5.17. The Morgan fingerprint density at radius 2 is 1.82 bits per heavy atom. The number of nitrogens with zero attached hydrogens (tertiary/aromatic N) is 1. The first kappa shape index (κ1) is 16.2. The SMILES string of the molecule is COc1ccc(C(=S)OCCN(C)C)cc1.Cl. The standard InChI is InChI=1S/C12H17NO2S.ClH/c1-13(2)8-9-15-12(16)10-4-6-11(14-3)7-5-10;/h4-7H,8-9H2,1-3H3;1H. The molecule has 1 aromatic rings. The Bertz CT molecular complexity index is 341. The van der Waals surface area contributed by atoms with E-state index in [0.29, 0.717) is 11.7 Å². The summed E-state index contributed by atoms with van der Waals surface area (Å²) in [7, 11) is 5.64. The number of thiocarbonyl (C=S) groups is 1. The van der Waals surface area contributed by atoms with Gasteiger partial charge in [-0.25, -0.2) is 0 Å². The number of halogens is 1. The van der Waals surface area contributed by atoms with Crippen molar-refractivity contribution in [1.82, 2.24) is 4.90 Å². The molecule has 5 heteroatoms. The van der Waals surface area contributed by atoms with Gasteiger partial charge in [0.15, 0.2) is 5.05 Å². The van der Waals surface area contributed by atoms with Gasteiger partial charge in [0.05, 0.1) is 7.11 Å². The third kappa shape index (κ3) is 5.86. The molecule has 0 bridgehead atoms. The first-order valence-corrected chi connectivity index (χ1v) is 5.50. The van der Waals surface area contributed by atoms with Crippen molar-refractivity contribution in [3.8, 4) is 5.75 Å². The highest BCUT2D eigenvalue weighted by Gasteiger charge is 2.02. The zero-order valence-corrected chi connectivity index (χ0v) is 11.9. The summed E-state index contributed by atoms with van der Waals surface area (Å²) in [5.41, 5.74) is 0.912. The summed E-state index contributed by atoms with van der Waals surface area (Å²) in [6.45, 7) is 1.47. The maximum atomic E-state index is 5.46. The Balaban J connectivity index is 0.00000256. The van der Waals surface area contributed by atoms with E-state index in [1.54, 1.807) is 7.11 Å². The third-order valence-corrected chi connectivity index (χ3v) is 2.45. The predicted molar refractivity (Wildman–Crippen MR) is 76.4 cm³/mol. The predicted octanol–water partition coefficient (Wildman–Crippen LogP) is 2.37. The van der Waals surface area contributed by atoms with Crippen LogP contribution in [0.4, 0.5) is 0 Å². The van der Waals surface area contributed by atoms with E-state index in [2.05, 4.69) is 4.90 Å². The lowest BCUT2D eigenvalue weighted by Gasteiger charge is -2.11. The van der Waals surface area contributed by atoms with E-state index in [9.17, 15) is 0 Å². The van der Waals surface area contributed by atoms with Gasteiger partial charge in [-0.3, -0.25) is 0 Å². The van der Waals surface area contributed by atoms with Crippen molar-refractivity contribution in [2.24, 2.45) is 0 Å². The number of ether oxygens (including phenoxy) is 2. The summed E-state index contributed by atoms with van der Waals surface area (Å²) in [6.07, 6.45) is 0. The van der Waals surface area contributed by atoms with Crippen LogP contribution in [0.15, 0.2) is 24.3 Å². The molecular formula is C12H18ClNO2S. The average molecular weight is 276 g/mol. The minimum Gasteiger partial charge on any atom is -0.497 e. The molecule has 1 aromatic carbocycles. The van der Waals surface area contributed by atoms with Crippen LogP contribution >= 0.6 is 24.6 Å². The molecular weight excluding hydrogens is 258 g/mol. The van der Waals surface area contributed by atoms with Gasteiger partial charge >= 0.3 is 0 Å². The Morgan fingerprint density at radius 3 is 2.29 bits per heavy atom. The highest BCUT2D eigenvalue weighted by atomic mass is 35.5. The van der Waals surface area contributed by atoms with Crippen molar-refractivity contribution >= 4 is 29.7 Å². The Labute approximate surface area is 114 Å². The van der Waals surface area contributed by atoms with Crippen molar-refractivity contribution in [2.75, 3.05) is 34.4 Å². The summed E-state index contributed by atoms with van der Waals surface area (Å²) < 4.78 is 10.5. The van der Waals surface area contributed by atoms with Gasteiger partial charge in [-0.2, -0.15) is 0 Å². The quantitative estimate of drug-likeness (QED) is 0.769. The molecule has 0 aliphatic heterocycles. The molecule has 0 aromatic heterocycles. The minimum absolute atomic E-state index is 0. The van der Waals surface area contributed by atoms with Gasteiger partial charge in [0.2, 0.25) is 0 Å². The molecule has 0 N–H and O–H groups in total. The van der Waals surface area contributed by atoms with Crippen LogP contribution < -0.4 is 4.74 Å². The Kier molecular flexibility index (Phi) is 7.87. The van der Waals surface area contributed by atoms with Gasteiger partial charge in [-0.1, -0.05) is 0 Å². The number of rotatable bonds is 5.